The Hall–Kier alpha value is -1.69. The summed E-state index contributed by atoms with van der Waals surface area (Å²) in [4.78, 5) is 12.1. The molecular weight excluding hydrogens is 206 g/mol. The lowest BCUT2D eigenvalue weighted by Gasteiger charge is -2.18. The number of nitrogens with one attached hydrogen (secondary N) is 1. The summed E-state index contributed by atoms with van der Waals surface area (Å²) in [7, 11) is 0. The molecular formula is C10H15N5O. The molecule has 2 rings (SSSR count). The number of hydrogen-bond acceptors (Lipinski definition) is 5. The lowest BCUT2D eigenvalue weighted by atomic mass is 10.1. The molecule has 0 aliphatic carbocycles. The van der Waals surface area contributed by atoms with Gasteiger partial charge in [0.15, 0.2) is 5.82 Å². The van der Waals surface area contributed by atoms with Crippen LogP contribution in [-0.2, 0) is 0 Å². The predicted octanol–water partition coefficient (Wildman–Crippen LogP) is 0.482. The van der Waals surface area contributed by atoms with E-state index >= 15 is 0 Å². The molecule has 0 aromatic heterocycles. The largest absolute Gasteiger partial charge is 0.390 e. The molecule has 0 amide bonds. The summed E-state index contributed by atoms with van der Waals surface area (Å²) in [5, 5.41) is 9.55. The first kappa shape index (κ1) is 10.8. The molecule has 2 heterocycles. The third-order valence-electron chi connectivity index (χ3n) is 2.20. The van der Waals surface area contributed by atoms with Gasteiger partial charge in [-0.3, -0.25) is 4.68 Å². The van der Waals surface area contributed by atoms with E-state index in [9.17, 15) is 5.11 Å². The maximum absolute atomic E-state index is 9.55. The van der Waals surface area contributed by atoms with Crippen molar-refractivity contribution in [3.05, 3.63) is 18.9 Å². The standard InChI is InChI=1S/C10H15N5O/c1-10(2,16)3-4-14-15-5-8-9(13-7-15)12-6-11-8/h5-7,14,16H,3-4H2,1-2H3. The highest BCUT2D eigenvalue weighted by molar-refractivity contribution is 5.47. The fourth-order valence-corrected chi connectivity index (χ4v) is 1.32. The van der Waals surface area contributed by atoms with E-state index in [2.05, 4.69) is 20.4 Å². The molecule has 86 valence electrons. The van der Waals surface area contributed by atoms with Gasteiger partial charge in [-0.15, -0.1) is 0 Å². The van der Waals surface area contributed by atoms with Crippen LogP contribution in [0, 0.1) is 0 Å². The molecule has 2 N–H and O–H groups in total. The Balaban J connectivity index is 1.97. The molecule has 16 heavy (non-hydrogen) atoms. The van der Waals surface area contributed by atoms with Crippen LogP contribution in [0.5, 0.6) is 0 Å². The molecule has 0 saturated carbocycles. The molecule has 0 aromatic carbocycles. The quantitative estimate of drug-likeness (QED) is 0.785. The van der Waals surface area contributed by atoms with Crippen LogP contribution < -0.4 is 5.43 Å². The Morgan fingerprint density at radius 1 is 1.38 bits per heavy atom. The average molecular weight is 221 g/mol. The second kappa shape index (κ2) is 4.05. The molecule has 0 atom stereocenters. The number of nitrogens with zero attached hydrogens (tertiary/aromatic N) is 4. The van der Waals surface area contributed by atoms with Crippen LogP contribution in [0.25, 0.3) is 11.5 Å². The molecule has 2 aliphatic rings. The van der Waals surface area contributed by atoms with Crippen molar-refractivity contribution in [2.45, 2.75) is 25.9 Å². The fourth-order valence-electron chi connectivity index (χ4n) is 1.32. The lowest BCUT2D eigenvalue weighted by molar-refractivity contribution is 0.0741. The number of hydrogen-bond donors (Lipinski definition) is 2. The van der Waals surface area contributed by atoms with Gasteiger partial charge >= 0.3 is 0 Å². The third kappa shape index (κ3) is 2.66. The molecule has 0 bridgehead atoms. The number of imidazole rings is 1. The second-order valence-electron chi connectivity index (χ2n) is 4.33. The van der Waals surface area contributed by atoms with Gasteiger partial charge in [-0.05, 0) is 20.3 Å². The number of aromatic nitrogens is 4. The summed E-state index contributed by atoms with van der Waals surface area (Å²) >= 11 is 0. The number of fused-ring (bicyclic) bond motifs is 1. The smallest absolute Gasteiger partial charge is 0.182 e. The maximum atomic E-state index is 9.55. The summed E-state index contributed by atoms with van der Waals surface area (Å²) in [5.74, 6) is 0.639. The summed E-state index contributed by atoms with van der Waals surface area (Å²) in [5.41, 5.74) is 3.20. The van der Waals surface area contributed by atoms with Crippen LogP contribution in [0.1, 0.15) is 20.3 Å². The van der Waals surface area contributed by atoms with Gasteiger partial charge in [0, 0.05) is 6.54 Å². The third-order valence-corrected chi connectivity index (χ3v) is 2.20. The van der Waals surface area contributed by atoms with Gasteiger partial charge in [-0.2, -0.15) is 0 Å². The Morgan fingerprint density at radius 3 is 2.94 bits per heavy atom. The summed E-state index contributed by atoms with van der Waals surface area (Å²) in [6, 6.07) is 0. The first-order valence-electron chi connectivity index (χ1n) is 5.15. The van der Waals surface area contributed by atoms with Crippen LogP contribution in [-0.4, -0.2) is 36.9 Å². The molecule has 6 heteroatoms. The van der Waals surface area contributed by atoms with Crippen LogP contribution in [0.2, 0.25) is 0 Å². The van der Waals surface area contributed by atoms with Crippen molar-refractivity contribution < 1.29 is 5.11 Å². The molecule has 0 spiro atoms. The zero-order chi connectivity index (χ0) is 11.6. The van der Waals surface area contributed by atoms with Gasteiger partial charge < -0.3 is 10.5 Å². The van der Waals surface area contributed by atoms with E-state index in [4.69, 9.17) is 0 Å². The van der Waals surface area contributed by atoms with Crippen LogP contribution in [0.3, 0.4) is 0 Å². The molecule has 6 nitrogen and oxygen atoms in total. The summed E-state index contributed by atoms with van der Waals surface area (Å²) in [6.45, 7) is 4.22. The summed E-state index contributed by atoms with van der Waals surface area (Å²) in [6.07, 6.45) is 5.60. The SMILES string of the molecule is CC(C)(O)CCNn1cnc2ncnc-2c1. The van der Waals surface area contributed by atoms with Gasteiger partial charge in [0.1, 0.15) is 18.3 Å². The van der Waals surface area contributed by atoms with Crippen LogP contribution in [0.15, 0.2) is 18.9 Å². The van der Waals surface area contributed by atoms with Gasteiger partial charge in [0.25, 0.3) is 0 Å². The monoisotopic (exact) mass is 221 g/mol. The maximum Gasteiger partial charge on any atom is 0.182 e. The molecule has 0 aromatic rings. The highest BCUT2D eigenvalue weighted by Crippen LogP contribution is 2.11. The minimum absolute atomic E-state index is 0.639. The topological polar surface area (TPSA) is 75.9 Å². The summed E-state index contributed by atoms with van der Waals surface area (Å²) < 4.78 is 1.72. The van der Waals surface area contributed by atoms with Gasteiger partial charge in [-0.1, -0.05) is 0 Å². The van der Waals surface area contributed by atoms with Crippen LogP contribution >= 0.6 is 0 Å². The predicted molar refractivity (Wildman–Crippen MR) is 59.6 cm³/mol. The average Bonchev–Trinajstić information content (AvgIpc) is 2.62. The van der Waals surface area contributed by atoms with Gasteiger partial charge in [-0.25, -0.2) is 15.0 Å². The van der Waals surface area contributed by atoms with Gasteiger partial charge in [0.2, 0.25) is 0 Å². The first-order valence-corrected chi connectivity index (χ1v) is 5.15. The molecule has 0 fully saturated rings. The minimum Gasteiger partial charge on any atom is -0.390 e. The van der Waals surface area contributed by atoms with E-state index in [1.807, 2.05) is 6.20 Å². The van der Waals surface area contributed by atoms with E-state index < -0.39 is 5.60 Å². The molecule has 0 saturated heterocycles. The Kier molecular flexibility index (Phi) is 2.74. The van der Waals surface area contributed by atoms with E-state index in [0.29, 0.717) is 18.8 Å². The van der Waals surface area contributed by atoms with Crippen LogP contribution in [0.4, 0.5) is 0 Å². The van der Waals surface area contributed by atoms with E-state index in [1.54, 1.807) is 24.9 Å². The van der Waals surface area contributed by atoms with Crippen molar-refractivity contribution in [3.8, 4) is 11.5 Å². The Labute approximate surface area is 93.7 Å². The first-order chi connectivity index (χ1) is 7.54. The normalized spacial score (nSPS) is 11.9. The molecule has 2 aliphatic heterocycles. The zero-order valence-corrected chi connectivity index (χ0v) is 9.38. The van der Waals surface area contributed by atoms with Crippen molar-refractivity contribution in [3.63, 3.8) is 0 Å². The highest BCUT2D eigenvalue weighted by Gasteiger charge is 2.11. The van der Waals surface area contributed by atoms with Crippen molar-refractivity contribution in [1.29, 1.82) is 0 Å². The fraction of sp³-hybridized carbons (Fsp3) is 0.500. The molecule has 0 unspecified atom stereocenters. The van der Waals surface area contributed by atoms with Gasteiger partial charge in [0.05, 0.1) is 11.8 Å². The van der Waals surface area contributed by atoms with E-state index in [-0.39, 0.29) is 0 Å². The van der Waals surface area contributed by atoms with Crippen molar-refractivity contribution in [2.75, 3.05) is 12.0 Å². The van der Waals surface area contributed by atoms with Crippen molar-refractivity contribution in [1.82, 2.24) is 19.6 Å². The number of rotatable bonds is 4. The molecule has 0 radical (unpaired) electrons. The highest BCUT2D eigenvalue weighted by atomic mass is 16.3. The van der Waals surface area contributed by atoms with E-state index in [1.165, 1.54) is 6.33 Å². The lowest BCUT2D eigenvalue weighted by Crippen LogP contribution is -2.26. The van der Waals surface area contributed by atoms with Crippen molar-refractivity contribution in [2.24, 2.45) is 0 Å². The number of aliphatic hydroxyl groups is 1. The van der Waals surface area contributed by atoms with Crippen molar-refractivity contribution >= 4 is 0 Å². The Bertz CT molecular complexity index is 433. The Morgan fingerprint density at radius 2 is 2.19 bits per heavy atom. The minimum atomic E-state index is -0.662. The van der Waals surface area contributed by atoms with E-state index in [0.717, 1.165) is 5.69 Å². The zero-order valence-electron chi connectivity index (χ0n) is 9.38. The second-order valence-corrected chi connectivity index (χ2v) is 4.33.